The van der Waals surface area contributed by atoms with Gasteiger partial charge in [0.15, 0.2) is 0 Å². The molecular weight excluding hydrogens is 912 g/mol. The second-order valence-corrected chi connectivity index (χ2v) is 57.0. The molecule has 0 bridgehead atoms. The lowest BCUT2D eigenvalue weighted by atomic mass is 9.58. The molecule has 1 aliphatic rings. The molecule has 0 radical (unpaired) electrons. The van der Waals surface area contributed by atoms with E-state index in [9.17, 15) is 0 Å². The highest BCUT2D eigenvalue weighted by atomic mass is 35.9. The van der Waals surface area contributed by atoms with Gasteiger partial charge in [0.1, 0.15) is 0 Å². The zero-order valence-electron chi connectivity index (χ0n) is 21.7. The standard InChI is InChI=1S/C20H35Cl15Si5/c21-36(22,23)12-5-3-1-2-4-6-19(40(33,34)35)20(11-15-39(30,31)32)10-7-17(8-13-37(24,25)26)16-18(20)9-14-38(27,28)29/h17-19H,1-16H2. The number of hydrogen-bond acceptors (Lipinski definition) is 0. The van der Waals surface area contributed by atoms with Gasteiger partial charge in [0.2, 0.25) is 0 Å². The maximum atomic E-state index is 6.92. The van der Waals surface area contributed by atoms with Crippen molar-refractivity contribution < 1.29 is 0 Å². The van der Waals surface area contributed by atoms with Crippen molar-refractivity contribution in [3.63, 3.8) is 0 Å². The van der Waals surface area contributed by atoms with Crippen molar-refractivity contribution in [2.45, 2.75) is 107 Å². The highest BCUT2D eigenvalue weighted by Gasteiger charge is 2.56. The summed E-state index contributed by atoms with van der Waals surface area (Å²) in [5.74, 6) is 0.526. The molecule has 4 atom stereocenters. The third-order valence-corrected chi connectivity index (χ3v) is 22.3. The van der Waals surface area contributed by atoms with Gasteiger partial charge in [-0.25, -0.2) is 0 Å². The Kier molecular flexibility index (Phi) is 20.6. The van der Waals surface area contributed by atoms with Gasteiger partial charge in [0.25, 0.3) is 0 Å². The summed E-state index contributed by atoms with van der Waals surface area (Å²) in [5.41, 5.74) is -0.446. The molecule has 20 heteroatoms. The molecule has 1 rings (SSSR count). The molecular formula is C20H35Cl15Si5. The molecule has 4 unspecified atom stereocenters. The first-order valence-electron chi connectivity index (χ1n) is 13.3. The molecule has 0 aromatic heterocycles. The lowest BCUT2D eigenvalue weighted by Crippen LogP contribution is -2.47. The minimum atomic E-state index is -3.22. The van der Waals surface area contributed by atoms with Crippen LogP contribution in [0, 0.1) is 17.3 Å². The minimum absolute atomic E-state index is 0.120. The molecule has 0 aromatic carbocycles. The number of rotatable bonds is 19. The Balaban J connectivity index is 3.22. The van der Waals surface area contributed by atoms with Gasteiger partial charge in [-0.05, 0) is 86.4 Å². The summed E-state index contributed by atoms with van der Waals surface area (Å²) in [7, 11) is 0. The summed E-state index contributed by atoms with van der Waals surface area (Å²) in [5, 5.41) is 0. The van der Waals surface area contributed by atoms with E-state index in [-0.39, 0.29) is 16.9 Å². The van der Waals surface area contributed by atoms with Crippen LogP contribution >= 0.6 is 166 Å². The molecule has 0 spiro atoms. The van der Waals surface area contributed by atoms with Gasteiger partial charge in [0.05, 0.1) is 0 Å². The van der Waals surface area contributed by atoms with Gasteiger partial charge in [-0.1, -0.05) is 32.1 Å². The molecule has 0 saturated heterocycles. The Morgan fingerprint density at radius 1 is 0.550 bits per heavy atom. The molecule has 40 heavy (non-hydrogen) atoms. The molecule has 0 amide bonds. The van der Waals surface area contributed by atoms with Crippen LogP contribution in [0.5, 0.6) is 0 Å². The molecule has 0 aromatic rings. The number of halogens is 15. The van der Waals surface area contributed by atoms with Crippen LogP contribution in [0.3, 0.4) is 0 Å². The molecule has 1 saturated carbocycles. The quantitative estimate of drug-likeness (QED) is 0.0688. The lowest BCUT2D eigenvalue weighted by molar-refractivity contribution is 0.0412. The van der Waals surface area contributed by atoms with Crippen LogP contribution in [0.1, 0.15) is 77.0 Å². The van der Waals surface area contributed by atoms with Crippen LogP contribution in [-0.4, -0.2) is 30.0 Å². The van der Waals surface area contributed by atoms with Crippen molar-refractivity contribution in [3.8, 4) is 0 Å². The molecule has 240 valence electrons. The second kappa shape index (κ2) is 19.0. The predicted octanol–water partition coefficient (Wildman–Crippen LogP) is 15.5. The number of hydrogen-bond donors (Lipinski definition) is 0. The van der Waals surface area contributed by atoms with Crippen molar-refractivity contribution in [2.75, 3.05) is 0 Å². The first-order valence-corrected chi connectivity index (χ1v) is 39.4. The average molecular weight is 948 g/mol. The third kappa shape index (κ3) is 19.4. The van der Waals surface area contributed by atoms with E-state index < -0.39 is 30.0 Å². The zero-order chi connectivity index (χ0) is 31.0. The fourth-order valence-corrected chi connectivity index (χ4v) is 17.6. The second-order valence-electron chi connectivity index (χ2n) is 11.0. The zero-order valence-corrected chi connectivity index (χ0v) is 38.1. The number of unbranched alkanes of at least 4 members (excludes halogenated alkanes) is 4. The summed E-state index contributed by atoms with van der Waals surface area (Å²) in [6, 6.07) is -12.1. The Labute approximate surface area is 316 Å². The molecule has 1 aliphatic carbocycles. The van der Waals surface area contributed by atoms with Crippen LogP contribution in [-0.2, 0) is 0 Å². The summed E-state index contributed by atoms with van der Waals surface area (Å²) in [4.78, 5) is 0. The van der Waals surface area contributed by atoms with Crippen molar-refractivity contribution >= 4 is 196 Å². The lowest BCUT2D eigenvalue weighted by Gasteiger charge is -2.54. The first-order chi connectivity index (χ1) is 17.9. The van der Waals surface area contributed by atoms with E-state index >= 15 is 0 Å². The van der Waals surface area contributed by atoms with Gasteiger partial charge in [0, 0.05) is 5.54 Å². The molecule has 0 heterocycles. The normalized spacial score (nSPS) is 24.4. The fourth-order valence-electron chi connectivity index (χ4n) is 6.12. The third-order valence-electron chi connectivity index (χ3n) is 7.98. The van der Waals surface area contributed by atoms with Gasteiger partial charge in [-0.2, -0.15) is 0 Å². The van der Waals surface area contributed by atoms with Gasteiger partial charge in [-0.3, -0.25) is 0 Å². The average Bonchev–Trinajstić information content (AvgIpc) is 2.74. The fraction of sp³-hybridized carbons (Fsp3) is 1.00. The minimum Gasteiger partial charge on any atom is -0.126 e. The van der Waals surface area contributed by atoms with E-state index in [1.54, 1.807) is 0 Å². The smallest absolute Gasteiger partial charge is 0.126 e. The van der Waals surface area contributed by atoms with Crippen molar-refractivity contribution in [3.05, 3.63) is 0 Å². The van der Waals surface area contributed by atoms with Crippen molar-refractivity contribution in [2.24, 2.45) is 17.3 Å². The van der Waals surface area contributed by atoms with E-state index in [0.717, 1.165) is 70.6 Å². The highest BCUT2D eigenvalue weighted by Crippen LogP contribution is 2.63. The van der Waals surface area contributed by atoms with Crippen LogP contribution < -0.4 is 0 Å². The maximum absolute atomic E-state index is 6.92. The molecule has 0 nitrogen and oxygen atoms in total. The van der Waals surface area contributed by atoms with E-state index in [2.05, 4.69) is 0 Å². The van der Waals surface area contributed by atoms with Crippen LogP contribution in [0.15, 0.2) is 0 Å². The van der Waals surface area contributed by atoms with E-state index in [4.69, 9.17) is 166 Å². The molecule has 0 aliphatic heterocycles. The van der Waals surface area contributed by atoms with Crippen LogP contribution in [0.25, 0.3) is 0 Å². The van der Waals surface area contributed by atoms with Gasteiger partial charge >= 0.3 is 30.0 Å². The summed E-state index contributed by atoms with van der Waals surface area (Å²) >= 11 is 95.9. The van der Waals surface area contributed by atoms with Crippen molar-refractivity contribution in [1.82, 2.24) is 0 Å². The molecule has 0 N–H and O–H groups in total. The Bertz CT molecular complexity index is 732. The summed E-state index contributed by atoms with van der Waals surface area (Å²) < 4.78 is 0. The van der Waals surface area contributed by atoms with E-state index in [1.807, 2.05) is 0 Å². The Morgan fingerprint density at radius 3 is 1.52 bits per heavy atom. The van der Waals surface area contributed by atoms with Crippen LogP contribution in [0.4, 0.5) is 0 Å². The van der Waals surface area contributed by atoms with Crippen LogP contribution in [0.2, 0.25) is 29.7 Å². The first kappa shape index (κ1) is 43.5. The SMILES string of the molecule is Cl[Si](Cl)(Cl)CCCCCCCC(C1(CC[Si](Cl)(Cl)Cl)CCC(CC[Si](Cl)(Cl)Cl)CC1CC[Si](Cl)(Cl)Cl)[Si](Cl)(Cl)Cl. The Hall–Kier alpha value is 5.43. The molecule has 1 fully saturated rings. The Morgan fingerprint density at radius 2 is 1.02 bits per heavy atom. The van der Waals surface area contributed by atoms with E-state index in [1.165, 1.54) is 0 Å². The van der Waals surface area contributed by atoms with E-state index in [0.29, 0.717) is 36.5 Å². The monoisotopic (exact) mass is 940 g/mol. The van der Waals surface area contributed by atoms with Gasteiger partial charge < -0.3 is 0 Å². The summed E-state index contributed by atoms with van der Waals surface area (Å²) in [6.07, 6.45) is 10.6. The van der Waals surface area contributed by atoms with Gasteiger partial charge in [-0.15, -0.1) is 166 Å². The van der Waals surface area contributed by atoms with Crippen molar-refractivity contribution in [1.29, 1.82) is 0 Å². The maximum Gasteiger partial charge on any atom is 0.344 e. The highest BCUT2D eigenvalue weighted by molar-refractivity contribution is 7.66. The predicted molar refractivity (Wildman–Crippen MR) is 204 cm³/mol. The summed E-state index contributed by atoms with van der Waals surface area (Å²) in [6.45, 7) is 0. The topological polar surface area (TPSA) is 0 Å². The largest absolute Gasteiger partial charge is 0.344 e.